The molecule has 0 atom stereocenters. The molecule has 0 amide bonds. The molecule has 0 aliphatic heterocycles. The molecule has 0 fully saturated rings. The zero-order valence-electron chi connectivity index (χ0n) is 8.44. The molecule has 0 rings (SSSR count). The van der Waals surface area contributed by atoms with E-state index in [1.165, 1.54) is 23.7 Å². The molecule has 0 aromatic carbocycles. The van der Waals surface area contributed by atoms with Crippen molar-refractivity contribution >= 4 is 18.8 Å². The minimum absolute atomic E-state index is 0.993. The molecular weight excluding hydrogens is 243 g/mol. The fraction of sp³-hybridized carbons (Fsp3) is 1.00. The van der Waals surface area contributed by atoms with Crippen molar-refractivity contribution in [3.8, 4) is 0 Å². The molecule has 68 valence electrons. The van der Waals surface area contributed by atoms with Gasteiger partial charge in [0.1, 0.15) is 0 Å². The van der Waals surface area contributed by atoms with Crippen LogP contribution in [0, 0.1) is 0 Å². The van der Waals surface area contributed by atoms with Gasteiger partial charge in [-0.25, -0.2) is 0 Å². The van der Waals surface area contributed by atoms with Crippen molar-refractivity contribution in [2.45, 2.75) is 47.4 Å². The van der Waals surface area contributed by atoms with Crippen molar-refractivity contribution in [1.82, 2.24) is 0 Å². The third-order valence-electron chi connectivity index (χ3n) is 1.83. The summed E-state index contributed by atoms with van der Waals surface area (Å²) >= 11 is -1.94. The molecule has 0 unspecified atom stereocenters. The number of rotatable bonds is 6. The Kier molecular flexibility index (Phi) is 6.73. The topological polar surface area (TPSA) is 9.23 Å². The van der Waals surface area contributed by atoms with Crippen LogP contribution in [0.1, 0.15) is 33.1 Å². The molecule has 2 heteroatoms. The van der Waals surface area contributed by atoms with E-state index in [0.717, 1.165) is 6.61 Å². The predicted molar refractivity (Wildman–Crippen MR) is 53.4 cm³/mol. The standard InChI is InChI=1S/C4H9.C3H7O.2CH3.Sn/c1-3-4-2;1-2-3-4;;;/h1,3-4H2,2H3;2-3H2,1H3;2*1H3;/q;-1;;;+1. The number of unbranched alkanes of at least 4 members (excludes halogenated alkanes) is 1. The van der Waals surface area contributed by atoms with Crippen LogP contribution in [0.4, 0.5) is 0 Å². The zero-order valence-corrected chi connectivity index (χ0v) is 11.3. The molecule has 0 bridgehead atoms. The van der Waals surface area contributed by atoms with E-state index >= 15 is 0 Å². The van der Waals surface area contributed by atoms with E-state index in [0.29, 0.717) is 0 Å². The molecule has 0 radical (unpaired) electrons. The first-order chi connectivity index (χ1) is 5.12. The second-order valence-corrected chi connectivity index (χ2v) is 16.0. The quantitative estimate of drug-likeness (QED) is 0.668. The second-order valence-electron chi connectivity index (χ2n) is 3.71. The van der Waals surface area contributed by atoms with Crippen LogP contribution >= 0.6 is 0 Å². The Bertz CT molecular complexity index is 81.6. The molecule has 1 nitrogen and oxygen atoms in total. The third-order valence-corrected chi connectivity index (χ3v) is 9.09. The van der Waals surface area contributed by atoms with Gasteiger partial charge >= 0.3 is 75.9 Å². The van der Waals surface area contributed by atoms with Gasteiger partial charge < -0.3 is 0 Å². The zero-order chi connectivity index (χ0) is 8.74. The van der Waals surface area contributed by atoms with Crippen LogP contribution in [-0.2, 0) is 3.07 Å². The molecule has 0 aromatic rings. The van der Waals surface area contributed by atoms with Crippen LogP contribution in [0.5, 0.6) is 0 Å². The van der Waals surface area contributed by atoms with Crippen LogP contribution in [0.3, 0.4) is 0 Å². The fourth-order valence-electron chi connectivity index (χ4n) is 1.05. The van der Waals surface area contributed by atoms with Gasteiger partial charge in [-0.3, -0.25) is 0 Å². The first-order valence-corrected chi connectivity index (χ1v) is 13.7. The molecule has 0 aliphatic carbocycles. The summed E-state index contributed by atoms with van der Waals surface area (Å²) in [5.41, 5.74) is 0. The van der Waals surface area contributed by atoms with Gasteiger partial charge in [0.15, 0.2) is 0 Å². The molecule has 0 saturated heterocycles. The maximum absolute atomic E-state index is 5.89. The molecular formula is C9H22OSn. The Morgan fingerprint density at radius 1 is 1.09 bits per heavy atom. The van der Waals surface area contributed by atoms with Gasteiger partial charge in [0.25, 0.3) is 0 Å². The molecule has 0 aliphatic rings. The summed E-state index contributed by atoms with van der Waals surface area (Å²) in [7, 11) is 0. The Labute approximate surface area is 75.9 Å². The fourth-order valence-corrected chi connectivity index (χ4v) is 7.06. The van der Waals surface area contributed by atoms with Crippen molar-refractivity contribution in [3.05, 3.63) is 0 Å². The summed E-state index contributed by atoms with van der Waals surface area (Å²) in [6.07, 6.45) is 3.86. The molecule has 0 aromatic heterocycles. The van der Waals surface area contributed by atoms with Crippen molar-refractivity contribution in [3.63, 3.8) is 0 Å². The first-order valence-electron chi connectivity index (χ1n) is 4.76. The van der Waals surface area contributed by atoms with Crippen molar-refractivity contribution < 1.29 is 3.07 Å². The average Bonchev–Trinajstić information content (AvgIpc) is 1.97. The van der Waals surface area contributed by atoms with Crippen LogP contribution < -0.4 is 0 Å². The first kappa shape index (κ1) is 11.8. The van der Waals surface area contributed by atoms with Crippen molar-refractivity contribution in [2.75, 3.05) is 6.61 Å². The second kappa shape index (κ2) is 6.29. The van der Waals surface area contributed by atoms with Gasteiger partial charge in [-0.1, -0.05) is 0 Å². The van der Waals surface area contributed by atoms with E-state index in [1.807, 2.05) is 0 Å². The van der Waals surface area contributed by atoms with Crippen LogP contribution in [0.15, 0.2) is 0 Å². The van der Waals surface area contributed by atoms with Gasteiger partial charge in [0, 0.05) is 0 Å². The SMILES string of the molecule is CCC[CH2][Sn]([CH3])([CH3])[O]CCC. The third kappa shape index (κ3) is 7.13. The molecule has 0 spiro atoms. The van der Waals surface area contributed by atoms with E-state index in [2.05, 4.69) is 23.7 Å². The van der Waals surface area contributed by atoms with Crippen molar-refractivity contribution in [2.24, 2.45) is 0 Å². The van der Waals surface area contributed by atoms with Crippen LogP contribution in [-0.4, -0.2) is 25.4 Å². The Balaban J connectivity index is 3.43. The Morgan fingerprint density at radius 3 is 2.18 bits per heavy atom. The number of hydrogen-bond donors (Lipinski definition) is 0. The Hall–Kier alpha value is 0.759. The summed E-state index contributed by atoms with van der Waals surface area (Å²) in [6, 6.07) is 0. The van der Waals surface area contributed by atoms with Crippen molar-refractivity contribution in [1.29, 1.82) is 0 Å². The van der Waals surface area contributed by atoms with E-state index in [1.54, 1.807) is 0 Å². The van der Waals surface area contributed by atoms with Crippen LogP contribution in [0.25, 0.3) is 0 Å². The number of hydrogen-bond acceptors (Lipinski definition) is 1. The van der Waals surface area contributed by atoms with Gasteiger partial charge in [-0.15, -0.1) is 0 Å². The molecule has 0 N–H and O–H groups in total. The maximum atomic E-state index is 5.89. The summed E-state index contributed by atoms with van der Waals surface area (Å²) < 4.78 is 7.28. The normalized spacial score (nSPS) is 12.0. The molecule has 0 heterocycles. The van der Waals surface area contributed by atoms with Gasteiger partial charge in [-0.2, -0.15) is 0 Å². The minimum atomic E-state index is -1.94. The summed E-state index contributed by atoms with van der Waals surface area (Å²) in [6.45, 7) is 5.43. The monoisotopic (exact) mass is 266 g/mol. The van der Waals surface area contributed by atoms with Gasteiger partial charge in [0.2, 0.25) is 0 Å². The van der Waals surface area contributed by atoms with E-state index in [4.69, 9.17) is 3.07 Å². The van der Waals surface area contributed by atoms with Crippen LogP contribution in [0.2, 0.25) is 14.3 Å². The summed E-state index contributed by atoms with van der Waals surface area (Å²) in [4.78, 5) is 4.78. The summed E-state index contributed by atoms with van der Waals surface area (Å²) in [5.74, 6) is 0. The van der Waals surface area contributed by atoms with E-state index in [9.17, 15) is 0 Å². The molecule has 11 heavy (non-hydrogen) atoms. The molecule has 0 saturated carbocycles. The summed E-state index contributed by atoms with van der Waals surface area (Å²) in [5, 5.41) is 0. The van der Waals surface area contributed by atoms with E-state index < -0.39 is 18.8 Å². The average molecular weight is 265 g/mol. The van der Waals surface area contributed by atoms with Gasteiger partial charge in [-0.05, 0) is 0 Å². The predicted octanol–water partition coefficient (Wildman–Crippen LogP) is 3.42. The van der Waals surface area contributed by atoms with E-state index in [-0.39, 0.29) is 0 Å². The van der Waals surface area contributed by atoms with Gasteiger partial charge in [0.05, 0.1) is 0 Å². The Morgan fingerprint density at radius 2 is 1.73 bits per heavy atom.